The van der Waals surface area contributed by atoms with Gasteiger partial charge < -0.3 is 15.4 Å². The van der Waals surface area contributed by atoms with Gasteiger partial charge in [0.25, 0.3) is 5.91 Å². The van der Waals surface area contributed by atoms with Gasteiger partial charge in [-0.1, -0.05) is 78.9 Å². The van der Waals surface area contributed by atoms with Crippen LogP contribution in [-0.2, 0) is 21.7 Å². The van der Waals surface area contributed by atoms with E-state index in [2.05, 4.69) is 10.5 Å². The van der Waals surface area contributed by atoms with Gasteiger partial charge in [0.15, 0.2) is 5.60 Å². The van der Waals surface area contributed by atoms with Crippen molar-refractivity contribution < 1.29 is 14.7 Å². The molecule has 0 bridgehead atoms. The number of primary amides is 1. The highest BCUT2D eigenvalue weighted by atomic mass is 16.3. The number of hydrazone groups is 1. The summed E-state index contributed by atoms with van der Waals surface area (Å²) in [6, 6.07) is 24.9. The maximum atomic E-state index is 13.1. The minimum atomic E-state index is -1.92. The second-order valence-electron chi connectivity index (χ2n) is 7.34. The lowest BCUT2D eigenvalue weighted by Crippen LogP contribution is -2.43. The van der Waals surface area contributed by atoms with Crippen molar-refractivity contribution in [2.75, 3.05) is 0 Å². The highest BCUT2D eigenvalue weighted by Crippen LogP contribution is 2.30. The minimum absolute atomic E-state index is 0.0302. The molecular weight excluding hydrogens is 404 g/mol. The van der Waals surface area contributed by atoms with Gasteiger partial charge in [0, 0.05) is 22.7 Å². The molecule has 0 aliphatic heterocycles. The molecule has 4 aromatic rings. The monoisotopic (exact) mass is 426 g/mol. The van der Waals surface area contributed by atoms with E-state index in [1.165, 1.54) is 6.21 Å². The van der Waals surface area contributed by atoms with Gasteiger partial charge in [-0.05, 0) is 17.2 Å². The average Bonchev–Trinajstić information content (AvgIpc) is 3.16. The molecule has 0 unspecified atom stereocenters. The van der Waals surface area contributed by atoms with Gasteiger partial charge in [-0.2, -0.15) is 5.10 Å². The van der Waals surface area contributed by atoms with Gasteiger partial charge in [-0.25, -0.2) is 5.43 Å². The Kier molecular flexibility index (Phi) is 5.83. The van der Waals surface area contributed by atoms with Crippen molar-refractivity contribution in [1.29, 1.82) is 0 Å². The Hall–Kier alpha value is -4.23. The van der Waals surface area contributed by atoms with Crippen molar-refractivity contribution in [1.82, 2.24) is 9.99 Å². The van der Waals surface area contributed by atoms with Gasteiger partial charge in [-0.3, -0.25) is 9.59 Å². The Morgan fingerprint density at radius 2 is 1.50 bits per heavy atom. The van der Waals surface area contributed by atoms with Crippen LogP contribution in [0.3, 0.4) is 0 Å². The third-order valence-corrected chi connectivity index (χ3v) is 5.23. The summed E-state index contributed by atoms with van der Waals surface area (Å²) in [5.74, 6) is -1.15. The van der Waals surface area contributed by atoms with E-state index in [-0.39, 0.29) is 6.54 Å². The van der Waals surface area contributed by atoms with Crippen molar-refractivity contribution >= 4 is 28.9 Å². The lowest BCUT2D eigenvalue weighted by molar-refractivity contribution is -0.136. The van der Waals surface area contributed by atoms with Crippen LogP contribution in [0.15, 0.2) is 96.2 Å². The van der Waals surface area contributed by atoms with Crippen molar-refractivity contribution in [3.63, 3.8) is 0 Å². The zero-order valence-electron chi connectivity index (χ0n) is 17.2. The number of carbonyl (C=O) groups is 2. The number of aliphatic hydroxyl groups is 1. The summed E-state index contributed by atoms with van der Waals surface area (Å²) in [5, 5.41) is 16.4. The first kappa shape index (κ1) is 21.0. The number of carbonyl (C=O) groups excluding carboxylic acids is 2. The highest BCUT2D eigenvalue weighted by Gasteiger charge is 2.39. The molecule has 7 nitrogen and oxygen atoms in total. The van der Waals surface area contributed by atoms with Crippen LogP contribution < -0.4 is 11.2 Å². The lowest BCUT2D eigenvalue weighted by Gasteiger charge is -2.27. The van der Waals surface area contributed by atoms with E-state index in [4.69, 9.17) is 5.73 Å². The summed E-state index contributed by atoms with van der Waals surface area (Å²) in [4.78, 5) is 24.5. The molecule has 0 saturated carbocycles. The molecule has 7 heteroatoms. The van der Waals surface area contributed by atoms with Crippen molar-refractivity contribution in [2.45, 2.75) is 12.1 Å². The predicted molar refractivity (Wildman–Crippen MR) is 123 cm³/mol. The number of nitrogens with two attached hydrogens (primary N) is 1. The lowest BCUT2D eigenvalue weighted by atomic mass is 9.85. The summed E-state index contributed by atoms with van der Waals surface area (Å²) in [7, 11) is 0. The predicted octanol–water partition coefficient (Wildman–Crippen LogP) is 2.51. The second-order valence-corrected chi connectivity index (χ2v) is 7.34. The Morgan fingerprint density at radius 1 is 0.938 bits per heavy atom. The molecule has 0 aliphatic carbocycles. The molecule has 0 aliphatic rings. The van der Waals surface area contributed by atoms with Gasteiger partial charge in [0.1, 0.15) is 6.54 Å². The van der Waals surface area contributed by atoms with Crippen molar-refractivity contribution in [3.8, 4) is 0 Å². The molecule has 160 valence electrons. The number of nitrogens with zero attached hydrogens (tertiary/aromatic N) is 2. The van der Waals surface area contributed by atoms with E-state index >= 15 is 0 Å². The molecule has 32 heavy (non-hydrogen) atoms. The largest absolute Gasteiger partial charge is 0.372 e. The topological polar surface area (TPSA) is 110 Å². The molecule has 0 saturated heterocycles. The number of aromatic nitrogens is 1. The zero-order chi connectivity index (χ0) is 22.6. The van der Waals surface area contributed by atoms with E-state index in [0.717, 1.165) is 10.9 Å². The van der Waals surface area contributed by atoms with Crippen LogP contribution in [0.2, 0.25) is 0 Å². The number of fused-ring (bicyclic) bond motifs is 1. The number of para-hydroxylation sites is 1. The summed E-state index contributed by atoms with van der Waals surface area (Å²) in [5.41, 5.74) is 8.27. The number of nitrogens with one attached hydrogen (secondary N) is 1. The van der Waals surface area contributed by atoms with Crippen molar-refractivity contribution in [2.24, 2.45) is 10.8 Å². The van der Waals surface area contributed by atoms with Crippen LogP contribution in [0.1, 0.15) is 16.7 Å². The first-order chi connectivity index (χ1) is 15.5. The van der Waals surface area contributed by atoms with Crippen LogP contribution >= 0.6 is 0 Å². The van der Waals surface area contributed by atoms with E-state index in [1.54, 1.807) is 59.3 Å². The van der Waals surface area contributed by atoms with Crippen LogP contribution in [0.25, 0.3) is 10.9 Å². The molecule has 0 fully saturated rings. The van der Waals surface area contributed by atoms with Gasteiger partial charge >= 0.3 is 0 Å². The molecule has 4 rings (SSSR count). The Bertz CT molecular complexity index is 1240. The van der Waals surface area contributed by atoms with Gasteiger partial charge in [-0.15, -0.1) is 0 Å². The normalized spacial score (nSPS) is 11.7. The number of benzene rings is 3. The number of amides is 2. The third kappa shape index (κ3) is 4.01. The Balaban J connectivity index is 1.64. The van der Waals surface area contributed by atoms with Gasteiger partial charge in [0.2, 0.25) is 5.91 Å². The SMILES string of the molecule is NC(=O)Cn1cc(C=NNC(=O)C(O)(c2ccccc2)c2ccccc2)c2ccccc21. The maximum Gasteiger partial charge on any atom is 0.281 e. The number of hydrogen-bond donors (Lipinski definition) is 3. The number of hydrogen-bond acceptors (Lipinski definition) is 4. The van der Waals surface area contributed by atoms with Gasteiger partial charge in [0.05, 0.1) is 6.21 Å². The molecule has 1 heterocycles. The molecule has 1 aromatic heterocycles. The fourth-order valence-electron chi connectivity index (χ4n) is 3.71. The molecule has 0 radical (unpaired) electrons. The molecule has 0 atom stereocenters. The van der Waals surface area contributed by atoms with E-state index in [9.17, 15) is 14.7 Å². The fraction of sp³-hybridized carbons (Fsp3) is 0.0800. The van der Waals surface area contributed by atoms with Crippen molar-refractivity contribution in [3.05, 3.63) is 108 Å². The van der Waals surface area contributed by atoms with Crippen LogP contribution in [-0.4, -0.2) is 27.7 Å². The first-order valence-corrected chi connectivity index (χ1v) is 10.0. The summed E-state index contributed by atoms with van der Waals surface area (Å²) in [6.45, 7) is 0.0302. The first-order valence-electron chi connectivity index (χ1n) is 10.0. The summed E-state index contributed by atoms with van der Waals surface area (Å²) in [6.07, 6.45) is 3.22. The molecule has 0 spiro atoms. The zero-order valence-corrected chi connectivity index (χ0v) is 17.2. The van der Waals surface area contributed by atoms with Crippen LogP contribution in [0, 0.1) is 0 Å². The van der Waals surface area contributed by atoms with Crippen LogP contribution in [0.5, 0.6) is 0 Å². The standard InChI is InChI=1S/C25H22N4O3/c26-23(30)17-29-16-18(21-13-7-8-14-22(21)29)15-27-28-24(31)25(32,19-9-3-1-4-10-19)20-11-5-2-6-12-20/h1-16,32H,17H2,(H2,26,30)(H,28,31). The second kappa shape index (κ2) is 8.87. The van der Waals surface area contributed by atoms with E-state index in [0.29, 0.717) is 16.7 Å². The maximum absolute atomic E-state index is 13.1. The summed E-state index contributed by atoms with van der Waals surface area (Å²) >= 11 is 0. The minimum Gasteiger partial charge on any atom is -0.372 e. The Labute approximate surface area is 184 Å². The smallest absolute Gasteiger partial charge is 0.281 e. The fourth-order valence-corrected chi connectivity index (χ4v) is 3.71. The third-order valence-electron chi connectivity index (χ3n) is 5.23. The molecule has 2 amide bonds. The van der Waals surface area contributed by atoms with Crippen LogP contribution in [0.4, 0.5) is 0 Å². The van der Waals surface area contributed by atoms with E-state index < -0.39 is 17.4 Å². The Morgan fingerprint density at radius 3 is 2.09 bits per heavy atom. The quantitative estimate of drug-likeness (QED) is 0.312. The summed E-state index contributed by atoms with van der Waals surface area (Å²) < 4.78 is 1.73. The highest BCUT2D eigenvalue weighted by molar-refractivity contribution is 6.00. The molecular formula is C25H22N4O3. The number of rotatable bonds is 7. The molecule has 3 aromatic carbocycles. The average molecular weight is 426 g/mol. The molecule has 4 N–H and O–H groups in total. The van der Waals surface area contributed by atoms with E-state index in [1.807, 2.05) is 36.4 Å².